The lowest BCUT2D eigenvalue weighted by atomic mass is 9.88. The molecular weight excluding hydrogens is 278 g/mol. The smallest absolute Gasteiger partial charge is 0.308 e. The minimum atomic E-state index is -0.866. The number of amides is 1. The molecule has 120 valence electrons. The third-order valence-electron chi connectivity index (χ3n) is 4.50. The largest absolute Gasteiger partial charge is 0.481 e. The summed E-state index contributed by atoms with van der Waals surface area (Å²) in [6.07, 6.45) is 5.21. The Morgan fingerprint density at radius 1 is 1.23 bits per heavy atom. The monoisotopic (exact) mass is 303 g/mol. The molecule has 4 heteroatoms. The second-order valence-corrected chi connectivity index (χ2v) is 6.31. The fraction of sp³-hybridized carbons (Fsp3) is 0.556. The normalized spacial score (nSPS) is 17.0. The lowest BCUT2D eigenvalue weighted by Crippen LogP contribution is -2.41. The van der Waals surface area contributed by atoms with Crippen LogP contribution in [0.5, 0.6) is 0 Å². The van der Waals surface area contributed by atoms with Crippen molar-refractivity contribution < 1.29 is 14.7 Å². The quantitative estimate of drug-likeness (QED) is 0.903. The minimum Gasteiger partial charge on any atom is -0.481 e. The van der Waals surface area contributed by atoms with Crippen LogP contribution in [-0.2, 0) is 9.59 Å². The van der Waals surface area contributed by atoms with Crippen LogP contribution in [0.25, 0.3) is 0 Å². The van der Waals surface area contributed by atoms with E-state index in [0.29, 0.717) is 0 Å². The van der Waals surface area contributed by atoms with Crippen LogP contribution < -0.4 is 4.90 Å². The van der Waals surface area contributed by atoms with Crippen LogP contribution in [0.2, 0.25) is 0 Å². The van der Waals surface area contributed by atoms with Crippen molar-refractivity contribution in [2.24, 2.45) is 11.8 Å². The molecule has 1 amide bonds. The maximum absolute atomic E-state index is 12.9. The summed E-state index contributed by atoms with van der Waals surface area (Å²) in [7, 11) is 0. The molecule has 0 heterocycles. The van der Waals surface area contributed by atoms with Crippen LogP contribution in [0.3, 0.4) is 0 Å². The van der Waals surface area contributed by atoms with Gasteiger partial charge in [-0.1, -0.05) is 44.4 Å². The van der Waals surface area contributed by atoms with Crippen molar-refractivity contribution in [1.29, 1.82) is 0 Å². The number of carbonyl (C=O) groups excluding carboxylic acids is 1. The van der Waals surface area contributed by atoms with Gasteiger partial charge < -0.3 is 10.0 Å². The van der Waals surface area contributed by atoms with Gasteiger partial charge in [-0.15, -0.1) is 0 Å². The summed E-state index contributed by atoms with van der Waals surface area (Å²) in [6.45, 7) is 3.85. The van der Waals surface area contributed by atoms with Crippen LogP contribution >= 0.6 is 0 Å². The molecule has 1 N–H and O–H groups in total. The number of para-hydroxylation sites is 1. The highest BCUT2D eigenvalue weighted by Gasteiger charge is 2.29. The second kappa shape index (κ2) is 7.43. The SMILES string of the molecule is Cc1ccccc1N(CC(C)C(=O)O)C(=O)C1CCCCC1. The molecule has 1 fully saturated rings. The fourth-order valence-electron chi connectivity index (χ4n) is 3.10. The van der Waals surface area contributed by atoms with Gasteiger partial charge in [0.15, 0.2) is 0 Å². The maximum atomic E-state index is 12.9. The van der Waals surface area contributed by atoms with Crippen molar-refractivity contribution in [3.05, 3.63) is 29.8 Å². The van der Waals surface area contributed by atoms with Crippen LogP contribution in [0.15, 0.2) is 24.3 Å². The summed E-state index contributed by atoms with van der Waals surface area (Å²) < 4.78 is 0. The Kier molecular flexibility index (Phi) is 5.58. The molecule has 1 aliphatic carbocycles. The van der Waals surface area contributed by atoms with Crippen LogP contribution in [0.4, 0.5) is 5.69 Å². The van der Waals surface area contributed by atoms with E-state index in [4.69, 9.17) is 0 Å². The molecule has 2 rings (SSSR count). The summed E-state index contributed by atoms with van der Waals surface area (Å²) in [5, 5.41) is 9.20. The fourth-order valence-corrected chi connectivity index (χ4v) is 3.10. The number of aliphatic carboxylic acids is 1. The number of rotatable bonds is 5. The Hall–Kier alpha value is -1.84. The van der Waals surface area contributed by atoms with Crippen molar-refractivity contribution in [3.63, 3.8) is 0 Å². The standard InChI is InChI=1S/C18H25NO3/c1-13-8-6-7-11-16(13)19(12-14(2)18(21)22)17(20)15-9-4-3-5-10-15/h6-8,11,14-15H,3-5,9-10,12H2,1-2H3,(H,21,22). The lowest BCUT2D eigenvalue weighted by molar-refractivity contribution is -0.140. The number of hydrogen-bond donors (Lipinski definition) is 1. The van der Waals surface area contributed by atoms with Crippen molar-refractivity contribution in [1.82, 2.24) is 0 Å². The molecule has 0 saturated heterocycles. The number of hydrogen-bond acceptors (Lipinski definition) is 2. The number of carboxylic acids is 1. The number of carbonyl (C=O) groups is 2. The lowest BCUT2D eigenvalue weighted by Gasteiger charge is -2.31. The van der Waals surface area contributed by atoms with Gasteiger partial charge in [-0.05, 0) is 31.4 Å². The first kappa shape index (κ1) is 16.5. The first-order valence-corrected chi connectivity index (χ1v) is 8.10. The first-order chi connectivity index (χ1) is 10.5. The third kappa shape index (κ3) is 3.87. The molecule has 0 aliphatic heterocycles. The van der Waals surface area contributed by atoms with E-state index in [0.717, 1.165) is 36.9 Å². The summed E-state index contributed by atoms with van der Waals surface area (Å²) in [5.74, 6) is -1.32. The Morgan fingerprint density at radius 3 is 2.45 bits per heavy atom. The van der Waals surface area contributed by atoms with E-state index in [1.165, 1.54) is 6.42 Å². The highest BCUT2D eigenvalue weighted by Crippen LogP contribution is 2.29. The molecule has 0 aromatic heterocycles. The van der Waals surface area contributed by atoms with Crippen LogP contribution in [0.1, 0.15) is 44.6 Å². The van der Waals surface area contributed by atoms with E-state index >= 15 is 0 Å². The molecule has 1 aromatic carbocycles. The van der Waals surface area contributed by atoms with Crippen molar-refractivity contribution in [3.8, 4) is 0 Å². The van der Waals surface area contributed by atoms with E-state index in [9.17, 15) is 14.7 Å². The van der Waals surface area contributed by atoms with E-state index in [2.05, 4.69) is 0 Å². The first-order valence-electron chi connectivity index (χ1n) is 8.10. The third-order valence-corrected chi connectivity index (χ3v) is 4.50. The average molecular weight is 303 g/mol. The van der Waals surface area contributed by atoms with Gasteiger partial charge >= 0.3 is 5.97 Å². The van der Waals surface area contributed by atoms with Crippen LogP contribution in [0, 0.1) is 18.8 Å². The van der Waals surface area contributed by atoms with Gasteiger partial charge in [0.25, 0.3) is 0 Å². The molecule has 0 radical (unpaired) electrons. The maximum Gasteiger partial charge on any atom is 0.308 e. The van der Waals surface area contributed by atoms with Crippen molar-refractivity contribution in [2.75, 3.05) is 11.4 Å². The molecule has 0 bridgehead atoms. The Morgan fingerprint density at radius 2 is 1.86 bits per heavy atom. The van der Waals surface area contributed by atoms with Gasteiger partial charge in [0.05, 0.1) is 5.92 Å². The van der Waals surface area contributed by atoms with Gasteiger partial charge in [0.2, 0.25) is 5.91 Å². The zero-order valence-electron chi connectivity index (χ0n) is 13.4. The molecule has 4 nitrogen and oxygen atoms in total. The molecule has 1 unspecified atom stereocenters. The van der Waals surface area contributed by atoms with E-state index < -0.39 is 11.9 Å². The van der Waals surface area contributed by atoms with E-state index in [1.807, 2.05) is 31.2 Å². The van der Waals surface area contributed by atoms with E-state index in [1.54, 1.807) is 11.8 Å². The topological polar surface area (TPSA) is 57.6 Å². The molecule has 0 spiro atoms. The molecule has 1 atom stereocenters. The van der Waals surface area contributed by atoms with Gasteiger partial charge in [-0.25, -0.2) is 0 Å². The van der Waals surface area contributed by atoms with Gasteiger partial charge in [0, 0.05) is 18.2 Å². The van der Waals surface area contributed by atoms with E-state index in [-0.39, 0.29) is 18.4 Å². The Labute approximate surface area is 132 Å². The number of nitrogens with zero attached hydrogens (tertiary/aromatic N) is 1. The van der Waals surface area contributed by atoms with Crippen molar-refractivity contribution in [2.45, 2.75) is 46.0 Å². The summed E-state index contributed by atoms with van der Waals surface area (Å²) in [6, 6.07) is 7.70. The zero-order chi connectivity index (χ0) is 16.1. The molecule has 1 aromatic rings. The summed E-state index contributed by atoms with van der Waals surface area (Å²) in [5.41, 5.74) is 1.84. The second-order valence-electron chi connectivity index (χ2n) is 6.31. The average Bonchev–Trinajstić information content (AvgIpc) is 2.53. The Balaban J connectivity index is 2.26. The molecular formula is C18H25NO3. The summed E-state index contributed by atoms with van der Waals surface area (Å²) in [4.78, 5) is 25.9. The molecule has 1 saturated carbocycles. The number of carboxylic acid groups (broad SMARTS) is 1. The molecule has 1 aliphatic rings. The Bertz CT molecular complexity index is 535. The van der Waals surface area contributed by atoms with Gasteiger partial charge in [-0.3, -0.25) is 9.59 Å². The summed E-state index contributed by atoms with van der Waals surface area (Å²) >= 11 is 0. The predicted octanol–water partition coefficient (Wildman–Crippen LogP) is 3.63. The number of benzene rings is 1. The van der Waals surface area contributed by atoms with Crippen LogP contribution in [-0.4, -0.2) is 23.5 Å². The minimum absolute atomic E-state index is 0.0364. The molecule has 22 heavy (non-hydrogen) atoms. The number of aryl methyl sites for hydroxylation is 1. The highest BCUT2D eigenvalue weighted by molar-refractivity contribution is 5.96. The van der Waals surface area contributed by atoms with Gasteiger partial charge in [0.1, 0.15) is 0 Å². The highest BCUT2D eigenvalue weighted by atomic mass is 16.4. The predicted molar refractivity (Wildman–Crippen MR) is 86.9 cm³/mol. The zero-order valence-corrected chi connectivity index (χ0v) is 13.4. The number of anilines is 1. The van der Waals surface area contributed by atoms with Crippen molar-refractivity contribution >= 4 is 17.6 Å². The van der Waals surface area contributed by atoms with Gasteiger partial charge in [-0.2, -0.15) is 0 Å².